The molecular weight excluding hydrogens is 236 g/mol. The summed E-state index contributed by atoms with van der Waals surface area (Å²) in [5.74, 6) is 0.602. The van der Waals surface area contributed by atoms with Gasteiger partial charge in [-0.2, -0.15) is 0 Å². The van der Waals surface area contributed by atoms with E-state index in [1.807, 2.05) is 0 Å². The highest BCUT2D eigenvalue weighted by molar-refractivity contribution is 7.89. The van der Waals surface area contributed by atoms with Crippen LogP contribution < -0.4 is 4.72 Å². The van der Waals surface area contributed by atoms with Crippen LogP contribution in [0, 0.1) is 5.92 Å². The number of piperidine rings is 1. The van der Waals surface area contributed by atoms with Crippen LogP contribution >= 0.6 is 11.6 Å². The molecule has 0 saturated carbocycles. The Bertz CT molecular complexity index is 282. The third-order valence-electron chi connectivity index (χ3n) is 2.66. The minimum Gasteiger partial charge on any atom is -0.306 e. The van der Waals surface area contributed by atoms with Crippen molar-refractivity contribution in [3.8, 4) is 0 Å². The van der Waals surface area contributed by atoms with Crippen molar-refractivity contribution in [2.45, 2.75) is 12.8 Å². The minimum absolute atomic E-state index is 0.0110. The first-order valence-electron chi connectivity index (χ1n) is 5.25. The molecule has 0 amide bonds. The quantitative estimate of drug-likeness (QED) is 0.727. The van der Waals surface area contributed by atoms with Gasteiger partial charge in [0.2, 0.25) is 10.0 Å². The lowest BCUT2D eigenvalue weighted by atomic mass is 9.99. The van der Waals surface area contributed by atoms with E-state index in [0.717, 1.165) is 25.9 Å². The molecule has 6 heteroatoms. The fourth-order valence-corrected chi connectivity index (χ4v) is 3.30. The molecule has 1 unspecified atom stereocenters. The topological polar surface area (TPSA) is 49.4 Å². The maximum atomic E-state index is 11.3. The number of nitrogens with one attached hydrogen (secondary N) is 1. The average Bonchev–Trinajstić information content (AvgIpc) is 2.15. The van der Waals surface area contributed by atoms with Gasteiger partial charge in [-0.25, -0.2) is 13.1 Å². The lowest BCUT2D eigenvalue weighted by molar-refractivity contribution is 0.211. The van der Waals surface area contributed by atoms with Crippen LogP contribution in [0.4, 0.5) is 0 Å². The molecule has 1 heterocycles. The van der Waals surface area contributed by atoms with Crippen LogP contribution in [0.1, 0.15) is 12.8 Å². The highest BCUT2D eigenvalue weighted by atomic mass is 35.5. The van der Waals surface area contributed by atoms with Crippen molar-refractivity contribution < 1.29 is 8.42 Å². The largest absolute Gasteiger partial charge is 0.306 e. The Hall–Kier alpha value is 0.160. The lowest BCUT2D eigenvalue weighted by Gasteiger charge is -2.29. The fourth-order valence-electron chi connectivity index (χ4n) is 1.86. The number of sulfonamides is 1. The van der Waals surface area contributed by atoms with E-state index in [-0.39, 0.29) is 11.6 Å². The van der Waals surface area contributed by atoms with Crippen LogP contribution in [0.3, 0.4) is 0 Å². The maximum absolute atomic E-state index is 11.3. The molecule has 0 aromatic rings. The van der Waals surface area contributed by atoms with Gasteiger partial charge in [0, 0.05) is 19.0 Å². The summed E-state index contributed by atoms with van der Waals surface area (Å²) in [6, 6.07) is 0. The summed E-state index contributed by atoms with van der Waals surface area (Å²) in [7, 11) is -1.08. The van der Waals surface area contributed by atoms with Crippen molar-refractivity contribution >= 4 is 21.6 Å². The van der Waals surface area contributed by atoms with E-state index < -0.39 is 10.0 Å². The first-order valence-corrected chi connectivity index (χ1v) is 7.44. The van der Waals surface area contributed by atoms with Gasteiger partial charge in [-0.1, -0.05) is 0 Å². The Balaban J connectivity index is 2.30. The Morgan fingerprint density at radius 2 is 2.27 bits per heavy atom. The molecule has 15 heavy (non-hydrogen) atoms. The third kappa shape index (κ3) is 5.15. The van der Waals surface area contributed by atoms with Crippen LogP contribution in [0.5, 0.6) is 0 Å². The van der Waals surface area contributed by atoms with Gasteiger partial charge in [0.25, 0.3) is 0 Å². The van der Waals surface area contributed by atoms with Crippen molar-refractivity contribution in [1.82, 2.24) is 9.62 Å². The molecule has 0 bridgehead atoms. The molecule has 0 aromatic heterocycles. The van der Waals surface area contributed by atoms with E-state index in [2.05, 4.69) is 16.7 Å². The Morgan fingerprint density at radius 3 is 2.87 bits per heavy atom. The summed E-state index contributed by atoms with van der Waals surface area (Å²) in [5.41, 5.74) is 0. The van der Waals surface area contributed by atoms with Crippen molar-refractivity contribution in [2.75, 3.05) is 38.3 Å². The van der Waals surface area contributed by atoms with Gasteiger partial charge in [0.1, 0.15) is 0 Å². The second-order valence-electron chi connectivity index (χ2n) is 4.13. The SMILES string of the molecule is CN1CCCC(CNS(=O)(=O)CCCl)C1. The summed E-state index contributed by atoms with van der Waals surface area (Å²) in [6.45, 7) is 2.64. The smallest absolute Gasteiger partial charge is 0.212 e. The maximum Gasteiger partial charge on any atom is 0.212 e. The van der Waals surface area contributed by atoms with Gasteiger partial charge in [-0.15, -0.1) is 11.6 Å². The van der Waals surface area contributed by atoms with E-state index in [0.29, 0.717) is 12.5 Å². The highest BCUT2D eigenvalue weighted by Crippen LogP contribution is 2.14. The molecule has 0 spiro atoms. The van der Waals surface area contributed by atoms with Crippen LogP contribution in [0.2, 0.25) is 0 Å². The molecule has 1 N–H and O–H groups in total. The standard InChI is InChI=1S/C9H19ClN2O2S/c1-12-5-2-3-9(8-12)7-11-15(13,14)6-4-10/h9,11H,2-8H2,1H3. The van der Waals surface area contributed by atoms with Gasteiger partial charge in [0.05, 0.1) is 5.75 Å². The molecular formula is C9H19ClN2O2S. The first kappa shape index (κ1) is 13.2. The second-order valence-corrected chi connectivity index (χ2v) is 6.43. The molecule has 1 fully saturated rings. The number of hydrogen-bond donors (Lipinski definition) is 1. The van der Waals surface area contributed by atoms with Crippen molar-refractivity contribution in [3.63, 3.8) is 0 Å². The second kappa shape index (κ2) is 6.03. The Labute approximate surface area is 97.0 Å². The van der Waals surface area contributed by atoms with Crippen molar-refractivity contribution in [3.05, 3.63) is 0 Å². The molecule has 4 nitrogen and oxygen atoms in total. The molecule has 1 atom stereocenters. The van der Waals surface area contributed by atoms with Gasteiger partial charge >= 0.3 is 0 Å². The number of hydrogen-bond acceptors (Lipinski definition) is 3. The average molecular weight is 255 g/mol. The Morgan fingerprint density at radius 1 is 1.53 bits per heavy atom. The first-order chi connectivity index (χ1) is 7.03. The van der Waals surface area contributed by atoms with Gasteiger partial charge < -0.3 is 4.90 Å². The normalized spacial score (nSPS) is 24.3. The zero-order chi connectivity index (χ0) is 11.3. The fraction of sp³-hybridized carbons (Fsp3) is 1.00. The third-order valence-corrected chi connectivity index (χ3v) is 4.42. The summed E-state index contributed by atoms with van der Waals surface area (Å²) >= 11 is 5.40. The molecule has 1 saturated heterocycles. The van der Waals surface area contributed by atoms with Crippen LogP contribution in [0.25, 0.3) is 0 Å². The number of nitrogens with zero attached hydrogens (tertiary/aromatic N) is 1. The monoisotopic (exact) mass is 254 g/mol. The van der Waals surface area contributed by atoms with E-state index in [1.54, 1.807) is 0 Å². The van der Waals surface area contributed by atoms with Gasteiger partial charge in [-0.05, 0) is 32.4 Å². The minimum atomic E-state index is -3.15. The van der Waals surface area contributed by atoms with Gasteiger partial charge in [0.15, 0.2) is 0 Å². The van der Waals surface area contributed by atoms with E-state index >= 15 is 0 Å². The summed E-state index contributed by atoms with van der Waals surface area (Å²) in [4.78, 5) is 2.24. The van der Waals surface area contributed by atoms with Crippen LogP contribution in [0.15, 0.2) is 0 Å². The number of rotatable bonds is 5. The van der Waals surface area contributed by atoms with Crippen LogP contribution in [-0.4, -0.2) is 51.6 Å². The molecule has 90 valence electrons. The van der Waals surface area contributed by atoms with E-state index in [9.17, 15) is 8.42 Å². The number of likely N-dealkylation sites (tertiary alicyclic amines) is 1. The van der Waals surface area contributed by atoms with Crippen molar-refractivity contribution in [1.29, 1.82) is 0 Å². The molecule has 0 radical (unpaired) electrons. The number of alkyl halides is 1. The highest BCUT2D eigenvalue weighted by Gasteiger charge is 2.19. The molecule has 0 aromatic carbocycles. The molecule has 0 aliphatic carbocycles. The zero-order valence-electron chi connectivity index (χ0n) is 9.08. The van der Waals surface area contributed by atoms with E-state index in [1.165, 1.54) is 0 Å². The summed E-state index contributed by atoms with van der Waals surface area (Å²) in [6.07, 6.45) is 2.26. The van der Waals surface area contributed by atoms with Crippen LogP contribution in [-0.2, 0) is 10.0 Å². The predicted molar refractivity (Wildman–Crippen MR) is 62.7 cm³/mol. The van der Waals surface area contributed by atoms with E-state index in [4.69, 9.17) is 11.6 Å². The number of halogens is 1. The van der Waals surface area contributed by atoms with Crippen molar-refractivity contribution in [2.24, 2.45) is 5.92 Å². The molecule has 1 rings (SSSR count). The zero-order valence-corrected chi connectivity index (χ0v) is 10.6. The lowest BCUT2D eigenvalue weighted by Crippen LogP contribution is -2.39. The predicted octanol–water partition coefficient (Wildman–Crippen LogP) is 0.486. The molecule has 1 aliphatic heterocycles. The summed E-state index contributed by atoms with van der Waals surface area (Å²) in [5, 5.41) is 0. The summed E-state index contributed by atoms with van der Waals surface area (Å²) < 4.78 is 25.3. The van der Waals surface area contributed by atoms with Gasteiger partial charge in [-0.3, -0.25) is 0 Å². The molecule has 1 aliphatic rings. The Kier molecular flexibility index (Phi) is 5.32.